The topological polar surface area (TPSA) is 67.2 Å². The molecular weight excluding hydrogens is 367 g/mol. The van der Waals surface area contributed by atoms with Crippen molar-refractivity contribution in [3.63, 3.8) is 0 Å². The standard InChI is InChI=1S/C17H20F3N3O2S/c1-11(2)16(25)21-13-5-3-4-6-14(13)26-10-12(24)9-23-8-7-15(22-23)17(18,19)20/h3-8,11-12,24H,9-10H2,1-2H3,(H,21,25)/t12-/m0/s1. The van der Waals surface area contributed by atoms with Crippen molar-refractivity contribution in [1.82, 2.24) is 9.78 Å². The number of thioether (sulfide) groups is 1. The maximum Gasteiger partial charge on any atom is 0.435 e. The molecule has 2 N–H and O–H groups in total. The van der Waals surface area contributed by atoms with E-state index < -0.39 is 18.0 Å². The molecule has 9 heteroatoms. The Hall–Kier alpha value is -2.00. The van der Waals surface area contributed by atoms with Crippen LogP contribution >= 0.6 is 11.8 Å². The Balaban J connectivity index is 1.94. The highest BCUT2D eigenvalue weighted by atomic mass is 32.2. The third-order valence-corrected chi connectivity index (χ3v) is 4.65. The molecule has 0 fully saturated rings. The molecule has 0 saturated carbocycles. The van der Waals surface area contributed by atoms with E-state index in [4.69, 9.17) is 0 Å². The van der Waals surface area contributed by atoms with Gasteiger partial charge in [0.25, 0.3) is 0 Å². The highest BCUT2D eigenvalue weighted by Crippen LogP contribution is 2.29. The fraction of sp³-hybridized carbons (Fsp3) is 0.412. The molecule has 0 aliphatic heterocycles. The molecule has 0 unspecified atom stereocenters. The molecule has 2 rings (SSSR count). The van der Waals surface area contributed by atoms with Crippen molar-refractivity contribution in [2.75, 3.05) is 11.1 Å². The summed E-state index contributed by atoms with van der Waals surface area (Å²) in [5.41, 5.74) is -0.346. The monoisotopic (exact) mass is 387 g/mol. The third-order valence-electron chi connectivity index (χ3n) is 3.43. The molecule has 0 spiro atoms. The van der Waals surface area contributed by atoms with Gasteiger partial charge in [0.05, 0.1) is 18.3 Å². The Labute approximate surface area is 153 Å². The number of aliphatic hydroxyl groups is 1. The Kier molecular flexibility index (Phi) is 6.71. The van der Waals surface area contributed by atoms with E-state index in [-0.39, 0.29) is 24.1 Å². The molecule has 1 atom stereocenters. The van der Waals surface area contributed by atoms with Crippen molar-refractivity contribution in [1.29, 1.82) is 0 Å². The van der Waals surface area contributed by atoms with Gasteiger partial charge in [-0.2, -0.15) is 18.3 Å². The number of carbonyl (C=O) groups excluding carboxylic acids is 1. The molecule has 1 heterocycles. The van der Waals surface area contributed by atoms with E-state index in [0.29, 0.717) is 5.69 Å². The number of nitrogens with one attached hydrogen (secondary N) is 1. The molecule has 142 valence electrons. The number of amides is 1. The number of benzene rings is 1. The normalized spacial score (nSPS) is 13.0. The number of nitrogens with zero attached hydrogens (tertiary/aromatic N) is 2. The molecule has 0 radical (unpaired) electrons. The average Bonchev–Trinajstić information content (AvgIpc) is 3.02. The second-order valence-corrected chi connectivity index (χ2v) is 7.09. The molecule has 0 aliphatic rings. The minimum absolute atomic E-state index is 0.0520. The van der Waals surface area contributed by atoms with Crippen LogP contribution in [0, 0.1) is 5.92 Å². The Morgan fingerprint density at radius 3 is 2.62 bits per heavy atom. The van der Waals surface area contributed by atoms with Gasteiger partial charge in [-0.05, 0) is 18.2 Å². The lowest BCUT2D eigenvalue weighted by molar-refractivity contribution is -0.141. The van der Waals surface area contributed by atoms with Crippen molar-refractivity contribution >= 4 is 23.4 Å². The van der Waals surface area contributed by atoms with Crippen LogP contribution in [0.5, 0.6) is 0 Å². The fourth-order valence-corrected chi connectivity index (χ4v) is 2.97. The Morgan fingerprint density at radius 1 is 1.31 bits per heavy atom. The highest BCUT2D eigenvalue weighted by molar-refractivity contribution is 7.99. The summed E-state index contributed by atoms with van der Waals surface area (Å²) in [6.07, 6.45) is -4.21. The summed E-state index contributed by atoms with van der Waals surface area (Å²) in [6, 6.07) is 8.04. The number of halogens is 3. The first-order valence-corrected chi connectivity index (χ1v) is 8.96. The van der Waals surface area contributed by atoms with Crippen molar-refractivity contribution in [2.24, 2.45) is 5.92 Å². The number of alkyl halides is 3. The smallest absolute Gasteiger partial charge is 0.390 e. The van der Waals surface area contributed by atoms with Crippen molar-refractivity contribution in [3.05, 3.63) is 42.2 Å². The predicted octanol–water partition coefficient (Wildman–Crippen LogP) is 3.65. The molecule has 1 aromatic carbocycles. The van der Waals surface area contributed by atoms with Crippen LogP contribution in [-0.2, 0) is 17.5 Å². The van der Waals surface area contributed by atoms with E-state index in [9.17, 15) is 23.1 Å². The van der Waals surface area contributed by atoms with Crippen molar-refractivity contribution < 1.29 is 23.1 Å². The van der Waals surface area contributed by atoms with Crippen LogP contribution in [0.4, 0.5) is 18.9 Å². The van der Waals surface area contributed by atoms with E-state index in [0.717, 1.165) is 15.6 Å². The lowest BCUT2D eigenvalue weighted by Gasteiger charge is -2.14. The summed E-state index contributed by atoms with van der Waals surface area (Å²) in [5, 5.41) is 16.3. The van der Waals surface area contributed by atoms with Gasteiger partial charge in [-0.15, -0.1) is 11.8 Å². The molecule has 26 heavy (non-hydrogen) atoms. The quantitative estimate of drug-likeness (QED) is 0.712. The molecule has 5 nitrogen and oxygen atoms in total. The zero-order valence-corrected chi connectivity index (χ0v) is 15.1. The fourth-order valence-electron chi connectivity index (χ4n) is 2.04. The third kappa shape index (κ3) is 5.77. The van der Waals surface area contributed by atoms with Gasteiger partial charge in [-0.25, -0.2) is 0 Å². The van der Waals surface area contributed by atoms with Gasteiger partial charge in [0.1, 0.15) is 0 Å². The van der Waals surface area contributed by atoms with Gasteiger partial charge in [-0.1, -0.05) is 26.0 Å². The van der Waals surface area contributed by atoms with Crippen LogP contribution in [0.15, 0.2) is 41.4 Å². The van der Waals surface area contributed by atoms with Crippen LogP contribution in [0.25, 0.3) is 0 Å². The molecule has 0 saturated heterocycles. The maximum atomic E-state index is 12.5. The molecule has 1 aromatic heterocycles. The lowest BCUT2D eigenvalue weighted by Crippen LogP contribution is -2.20. The van der Waals surface area contributed by atoms with Crippen molar-refractivity contribution in [3.8, 4) is 0 Å². The number of aromatic nitrogens is 2. The van der Waals surface area contributed by atoms with Crippen LogP contribution < -0.4 is 5.32 Å². The highest BCUT2D eigenvalue weighted by Gasteiger charge is 2.33. The summed E-state index contributed by atoms with van der Waals surface area (Å²) in [7, 11) is 0. The first-order chi connectivity index (χ1) is 12.2. The molecule has 0 bridgehead atoms. The minimum Gasteiger partial charge on any atom is -0.390 e. The Morgan fingerprint density at radius 2 is 2.00 bits per heavy atom. The molecule has 0 aliphatic carbocycles. The zero-order chi connectivity index (χ0) is 19.3. The number of aliphatic hydroxyl groups excluding tert-OH is 1. The van der Waals surface area contributed by atoms with Gasteiger partial charge in [0.15, 0.2) is 5.69 Å². The number of carbonyl (C=O) groups is 1. The predicted molar refractivity (Wildman–Crippen MR) is 93.9 cm³/mol. The molecule has 2 aromatic rings. The average molecular weight is 387 g/mol. The second-order valence-electron chi connectivity index (χ2n) is 6.03. The summed E-state index contributed by atoms with van der Waals surface area (Å²) >= 11 is 1.31. The maximum absolute atomic E-state index is 12.5. The van der Waals surface area contributed by atoms with E-state index in [2.05, 4.69) is 10.4 Å². The summed E-state index contributed by atoms with van der Waals surface area (Å²) in [5.74, 6) is -0.0356. The lowest BCUT2D eigenvalue weighted by atomic mass is 10.2. The van der Waals surface area contributed by atoms with Crippen LogP contribution in [0.3, 0.4) is 0 Å². The zero-order valence-electron chi connectivity index (χ0n) is 14.3. The van der Waals surface area contributed by atoms with Crippen LogP contribution in [-0.4, -0.2) is 32.7 Å². The van der Waals surface area contributed by atoms with Gasteiger partial charge in [-0.3, -0.25) is 9.48 Å². The first kappa shape index (κ1) is 20.3. The van der Waals surface area contributed by atoms with E-state index >= 15 is 0 Å². The molecular formula is C17H20F3N3O2S. The van der Waals surface area contributed by atoms with Gasteiger partial charge in [0.2, 0.25) is 5.91 Å². The number of rotatable bonds is 7. The largest absolute Gasteiger partial charge is 0.435 e. The minimum atomic E-state index is -4.50. The van der Waals surface area contributed by atoms with E-state index in [1.54, 1.807) is 26.0 Å². The number of para-hydroxylation sites is 1. The molecule has 1 amide bonds. The SMILES string of the molecule is CC(C)C(=O)Nc1ccccc1SC[C@@H](O)Cn1ccc(C(F)(F)F)n1. The summed E-state index contributed by atoms with van der Waals surface area (Å²) in [6.45, 7) is 3.52. The number of hydrogen-bond donors (Lipinski definition) is 2. The first-order valence-electron chi connectivity index (χ1n) is 7.98. The van der Waals surface area contributed by atoms with Crippen LogP contribution in [0.1, 0.15) is 19.5 Å². The Bertz CT molecular complexity index is 747. The van der Waals surface area contributed by atoms with Gasteiger partial charge in [0, 0.05) is 22.8 Å². The number of hydrogen-bond acceptors (Lipinski definition) is 4. The van der Waals surface area contributed by atoms with Crippen molar-refractivity contribution in [2.45, 2.75) is 37.6 Å². The van der Waals surface area contributed by atoms with Crippen LogP contribution in [0.2, 0.25) is 0 Å². The van der Waals surface area contributed by atoms with Gasteiger partial charge < -0.3 is 10.4 Å². The second kappa shape index (κ2) is 8.59. The van der Waals surface area contributed by atoms with E-state index in [1.165, 1.54) is 18.0 Å². The number of anilines is 1. The van der Waals surface area contributed by atoms with E-state index in [1.807, 2.05) is 12.1 Å². The van der Waals surface area contributed by atoms with Gasteiger partial charge >= 0.3 is 6.18 Å². The summed E-state index contributed by atoms with van der Waals surface area (Å²) in [4.78, 5) is 12.6. The summed E-state index contributed by atoms with van der Waals surface area (Å²) < 4.78 is 38.7.